The Labute approximate surface area is 97.3 Å². The van der Waals surface area contributed by atoms with Crippen molar-refractivity contribution in [3.05, 3.63) is 48.1 Å². The fourth-order valence-electron chi connectivity index (χ4n) is 1.34. The van der Waals surface area contributed by atoms with Crippen LogP contribution in [0.25, 0.3) is 0 Å². The summed E-state index contributed by atoms with van der Waals surface area (Å²) in [4.78, 5) is 11.1. The molecule has 1 rings (SSSR count). The molecule has 0 radical (unpaired) electrons. The highest BCUT2D eigenvalue weighted by Gasteiger charge is 2.38. The Morgan fingerprint density at radius 2 is 2.24 bits per heavy atom. The Bertz CT molecular complexity index is 445. The second kappa shape index (κ2) is 5.05. The number of carbonyl (C=O) groups is 1. The number of ether oxygens (including phenoxy) is 1. The number of hydrogen-bond donors (Lipinski definition) is 1. The molecule has 1 aromatic carbocycles. The Morgan fingerprint density at radius 3 is 2.76 bits per heavy atom. The summed E-state index contributed by atoms with van der Waals surface area (Å²) in [6.07, 6.45) is 1.33. The topological polar surface area (TPSA) is 46.5 Å². The monoisotopic (exact) mass is 242 g/mol. The summed E-state index contributed by atoms with van der Waals surface area (Å²) in [7, 11) is 0. The van der Waals surface area contributed by atoms with Crippen LogP contribution in [0.2, 0.25) is 0 Å². The van der Waals surface area contributed by atoms with Crippen LogP contribution in [0.3, 0.4) is 0 Å². The maximum atomic E-state index is 13.5. The molecule has 0 bridgehead atoms. The average Bonchev–Trinajstić information content (AvgIpc) is 2.29. The molecule has 0 aliphatic carbocycles. The van der Waals surface area contributed by atoms with Gasteiger partial charge in [0.05, 0.1) is 6.61 Å². The minimum Gasteiger partial charge on any atom is -0.479 e. The van der Waals surface area contributed by atoms with Gasteiger partial charge in [0.2, 0.25) is 0 Å². The lowest BCUT2D eigenvalue weighted by atomic mass is 9.95. The summed E-state index contributed by atoms with van der Waals surface area (Å²) in [5, 5.41) is 9.08. The molecule has 0 saturated carbocycles. The van der Waals surface area contributed by atoms with Gasteiger partial charge in [-0.2, -0.15) is 0 Å². The van der Waals surface area contributed by atoms with Crippen LogP contribution in [0.4, 0.5) is 8.78 Å². The Morgan fingerprint density at radius 1 is 1.59 bits per heavy atom. The lowest BCUT2D eigenvalue weighted by Gasteiger charge is -2.25. The highest BCUT2D eigenvalue weighted by atomic mass is 19.1. The molecule has 1 aromatic rings. The summed E-state index contributed by atoms with van der Waals surface area (Å²) in [5.74, 6) is -2.96. The molecule has 0 spiro atoms. The lowest BCUT2D eigenvalue weighted by molar-refractivity contribution is -0.164. The predicted octanol–water partition coefficient (Wildman–Crippen LogP) is 2.47. The van der Waals surface area contributed by atoms with Gasteiger partial charge in [-0.15, -0.1) is 6.58 Å². The summed E-state index contributed by atoms with van der Waals surface area (Å²) < 4.78 is 31.6. The Hall–Kier alpha value is -1.75. The fraction of sp³-hybridized carbons (Fsp3) is 0.250. The third kappa shape index (κ3) is 2.68. The molecule has 0 amide bonds. The highest BCUT2D eigenvalue weighted by Crippen LogP contribution is 2.28. The van der Waals surface area contributed by atoms with Crippen LogP contribution in [0.1, 0.15) is 12.5 Å². The standard InChI is InChI=1S/C12H12F2O3/c1-3-6-17-12(2,11(15)16)9-7-8(13)4-5-10(9)14/h3-5,7H,1,6H2,2H3,(H,15,16). The van der Waals surface area contributed by atoms with Crippen molar-refractivity contribution >= 4 is 5.97 Å². The fourth-order valence-corrected chi connectivity index (χ4v) is 1.34. The molecule has 0 fully saturated rings. The van der Waals surface area contributed by atoms with Gasteiger partial charge in [-0.05, 0) is 25.1 Å². The molecule has 1 atom stereocenters. The van der Waals surface area contributed by atoms with Gasteiger partial charge < -0.3 is 9.84 Å². The number of rotatable bonds is 5. The van der Waals surface area contributed by atoms with E-state index in [2.05, 4.69) is 6.58 Å². The first-order valence-electron chi connectivity index (χ1n) is 4.85. The smallest absolute Gasteiger partial charge is 0.340 e. The zero-order valence-corrected chi connectivity index (χ0v) is 9.24. The van der Waals surface area contributed by atoms with Crippen molar-refractivity contribution < 1.29 is 23.4 Å². The van der Waals surface area contributed by atoms with Crippen LogP contribution in [-0.2, 0) is 15.1 Å². The quantitative estimate of drug-likeness (QED) is 0.807. The van der Waals surface area contributed by atoms with Gasteiger partial charge in [-0.25, -0.2) is 13.6 Å². The Kier molecular flexibility index (Phi) is 3.96. The molecule has 0 aliphatic rings. The number of hydrogen-bond acceptors (Lipinski definition) is 2. The Balaban J connectivity index is 3.26. The molecule has 1 N–H and O–H groups in total. The summed E-state index contributed by atoms with van der Waals surface area (Å²) in [5.41, 5.74) is -2.30. The molecular weight excluding hydrogens is 230 g/mol. The first-order valence-corrected chi connectivity index (χ1v) is 4.85. The third-order valence-electron chi connectivity index (χ3n) is 2.34. The van der Waals surface area contributed by atoms with Crippen molar-refractivity contribution in [3.8, 4) is 0 Å². The van der Waals surface area contributed by atoms with Gasteiger partial charge in [0.25, 0.3) is 0 Å². The van der Waals surface area contributed by atoms with Crippen molar-refractivity contribution in [2.24, 2.45) is 0 Å². The van der Waals surface area contributed by atoms with E-state index in [1.54, 1.807) is 0 Å². The number of aliphatic carboxylic acids is 1. The van der Waals surface area contributed by atoms with E-state index in [-0.39, 0.29) is 12.2 Å². The molecule has 17 heavy (non-hydrogen) atoms. The van der Waals surface area contributed by atoms with Gasteiger partial charge in [0.15, 0.2) is 5.60 Å². The van der Waals surface area contributed by atoms with E-state index in [9.17, 15) is 13.6 Å². The highest BCUT2D eigenvalue weighted by molar-refractivity contribution is 5.79. The number of benzene rings is 1. The lowest BCUT2D eigenvalue weighted by Crippen LogP contribution is -2.36. The van der Waals surface area contributed by atoms with Crippen LogP contribution in [0, 0.1) is 11.6 Å². The van der Waals surface area contributed by atoms with E-state index in [4.69, 9.17) is 9.84 Å². The van der Waals surface area contributed by atoms with E-state index in [0.29, 0.717) is 0 Å². The van der Waals surface area contributed by atoms with E-state index in [1.807, 2.05) is 0 Å². The van der Waals surface area contributed by atoms with Gasteiger partial charge >= 0.3 is 5.97 Å². The third-order valence-corrected chi connectivity index (χ3v) is 2.34. The number of carboxylic acids is 1. The van der Waals surface area contributed by atoms with E-state index in [1.165, 1.54) is 6.08 Å². The van der Waals surface area contributed by atoms with Crippen LogP contribution in [0.15, 0.2) is 30.9 Å². The molecule has 0 aromatic heterocycles. The van der Waals surface area contributed by atoms with Gasteiger partial charge in [-0.3, -0.25) is 0 Å². The molecular formula is C12H12F2O3. The van der Waals surface area contributed by atoms with E-state index >= 15 is 0 Å². The van der Waals surface area contributed by atoms with E-state index < -0.39 is 23.2 Å². The second-order valence-electron chi connectivity index (χ2n) is 3.56. The predicted molar refractivity (Wildman–Crippen MR) is 57.5 cm³/mol. The number of carboxylic acid groups (broad SMARTS) is 1. The average molecular weight is 242 g/mol. The second-order valence-corrected chi connectivity index (χ2v) is 3.56. The van der Waals surface area contributed by atoms with E-state index in [0.717, 1.165) is 25.1 Å². The molecule has 1 unspecified atom stereocenters. The largest absolute Gasteiger partial charge is 0.479 e. The molecule has 0 saturated heterocycles. The minimum atomic E-state index is -1.94. The first-order chi connectivity index (χ1) is 7.91. The normalized spacial score (nSPS) is 14.1. The van der Waals surface area contributed by atoms with Crippen LogP contribution in [0.5, 0.6) is 0 Å². The first kappa shape index (κ1) is 13.3. The van der Waals surface area contributed by atoms with Crippen LogP contribution < -0.4 is 0 Å². The maximum absolute atomic E-state index is 13.5. The molecule has 0 aliphatic heterocycles. The van der Waals surface area contributed by atoms with Gasteiger partial charge in [0, 0.05) is 5.56 Å². The van der Waals surface area contributed by atoms with Crippen LogP contribution >= 0.6 is 0 Å². The molecule has 3 nitrogen and oxygen atoms in total. The zero-order chi connectivity index (χ0) is 13.1. The van der Waals surface area contributed by atoms with Gasteiger partial charge in [-0.1, -0.05) is 6.08 Å². The van der Waals surface area contributed by atoms with Gasteiger partial charge in [0.1, 0.15) is 11.6 Å². The minimum absolute atomic E-state index is 0.0846. The maximum Gasteiger partial charge on any atom is 0.340 e. The van der Waals surface area contributed by atoms with Crippen molar-refractivity contribution in [3.63, 3.8) is 0 Å². The van der Waals surface area contributed by atoms with Crippen molar-refractivity contribution in [1.82, 2.24) is 0 Å². The molecule has 92 valence electrons. The number of halogens is 2. The summed E-state index contributed by atoms with van der Waals surface area (Å²) >= 11 is 0. The summed E-state index contributed by atoms with van der Waals surface area (Å²) in [6, 6.07) is 2.59. The van der Waals surface area contributed by atoms with Crippen molar-refractivity contribution in [2.75, 3.05) is 6.61 Å². The molecule has 5 heteroatoms. The SMILES string of the molecule is C=CCOC(C)(C(=O)O)c1cc(F)ccc1F. The van der Waals surface area contributed by atoms with Crippen molar-refractivity contribution in [2.45, 2.75) is 12.5 Å². The van der Waals surface area contributed by atoms with Crippen molar-refractivity contribution in [1.29, 1.82) is 0 Å². The zero-order valence-electron chi connectivity index (χ0n) is 9.24. The summed E-state index contributed by atoms with van der Waals surface area (Å²) in [6.45, 7) is 4.45. The van der Waals surface area contributed by atoms with Crippen LogP contribution in [-0.4, -0.2) is 17.7 Å². The molecule has 0 heterocycles.